The number of rotatable bonds is 4. The molecule has 140 valence electrons. The Morgan fingerprint density at radius 1 is 1.35 bits per heavy atom. The third-order valence-corrected chi connectivity index (χ3v) is 4.89. The average molecular weight is 360 g/mol. The van der Waals surface area contributed by atoms with Crippen molar-refractivity contribution in [3.63, 3.8) is 0 Å². The fourth-order valence-corrected chi connectivity index (χ4v) is 3.47. The molecule has 0 N–H and O–H groups in total. The van der Waals surface area contributed by atoms with Crippen molar-refractivity contribution in [2.45, 2.75) is 51.8 Å². The molecule has 0 saturated carbocycles. The SMILES string of the molecule is CCOC(=O)c1c(-c2cnn(C3CCOCC3)c2)nn2c1O[C@H](C)CC2. The van der Waals surface area contributed by atoms with Gasteiger partial charge >= 0.3 is 5.97 Å². The minimum Gasteiger partial charge on any atom is -0.474 e. The van der Waals surface area contributed by atoms with Crippen LogP contribution in [-0.4, -0.2) is 51.5 Å². The molecule has 1 atom stereocenters. The van der Waals surface area contributed by atoms with Crippen LogP contribution >= 0.6 is 0 Å². The van der Waals surface area contributed by atoms with E-state index in [0.717, 1.165) is 44.6 Å². The molecule has 0 bridgehead atoms. The zero-order valence-electron chi connectivity index (χ0n) is 15.2. The number of hydrogen-bond acceptors (Lipinski definition) is 6. The van der Waals surface area contributed by atoms with Gasteiger partial charge in [-0.1, -0.05) is 0 Å². The van der Waals surface area contributed by atoms with E-state index in [2.05, 4.69) is 10.2 Å². The van der Waals surface area contributed by atoms with Crippen molar-refractivity contribution in [2.75, 3.05) is 19.8 Å². The van der Waals surface area contributed by atoms with Gasteiger partial charge in [-0.05, 0) is 26.7 Å². The minimum absolute atomic E-state index is 0.0465. The lowest BCUT2D eigenvalue weighted by Gasteiger charge is -2.22. The van der Waals surface area contributed by atoms with Crippen LogP contribution in [0.15, 0.2) is 12.4 Å². The Kier molecular flexibility index (Phi) is 4.67. The second-order valence-corrected chi connectivity index (χ2v) is 6.74. The van der Waals surface area contributed by atoms with Crippen molar-refractivity contribution in [3.8, 4) is 17.1 Å². The first kappa shape index (κ1) is 17.1. The summed E-state index contributed by atoms with van der Waals surface area (Å²) in [7, 11) is 0. The Labute approximate surface area is 152 Å². The molecule has 26 heavy (non-hydrogen) atoms. The molecule has 1 fully saturated rings. The van der Waals surface area contributed by atoms with E-state index in [4.69, 9.17) is 14.2 Å². The molecule has 1 saturated heterocycles. The van der Waals surface area contributed by atoms with Gasteiger partial charge in [0.1, 0.15) is 11.3 Å². The first-order valence-corrected chi connectivity index (χ1v) is 9.24. The Morgan fingerprint density at radius 3 is 2.92 bits per heavy atom. The molecule has 4 heterocycles. The monoisotopic (exact) mass is 360 g/mol. The van der Waals surface area contributed by atoms with Crippen LogP contribution in [0, 0.1) is 0 Å². The van der Waals surface area contributed by atoms with E-state index in [-0.39, 0.29) is 6.10 Å². The molecule has 2 aromatic heterocycles. The van der Waals surface area contributed by atoms with Crippen LogP contribution in [0.2, 0.25) is 0 Å². The standard InChI is InChI=1S/C18H24N4O4/c1-3-25-18(23)15-16(20-21-7-4-12(2)26-17(15)21)13-10-19-22(11-13)14-5-8-24-9-6-14/h10-12,14H,3-9H2,1-2H3/t12-/m1/s1. The molecule has 2 aromatic rings. The third kappa shape index (κ3) is 3.09. The van der Waals surface area contributed by atoms with Crippen LogP contribution < -0.4 is 4.74 Å². The summed E-state index contributed by atoms with van der Waals surface area (Å²) < 4.78 is 20.3. The highest BCUT2D eigenvalue weighted by atomic mass is 16.5. The molecular formula is C18H24N4O4. The highest BCUT2D eigenvalue weighted by Crippen LogP contribution is 2.35. The number of aromatic nitrogens is 4. The van der Waals surface area contributed by atoms with Crippen molar-refractivity contribution in [2.24, 2.45) is 0 Å². The van der Waals surface area contributed by atoms with Gasteiger partial charge in [0.05, 0.1) is 24.9 Å². The first-order chi connectivity index (χ1) is 12.7. The second kappa shape index (κ2) is 7.11. The number of fused-ring (bicyclic) bond motifs is 1. The number of ether oxygens (including phenoxy) is 3. The highest BCUT2D eigenvalue weighted by molar-refractivity contribution is 5.98. The molecule has 0 radical (unpaired) electrons. The van der Waals surface area contributed by atoms with E-state index < -0.39 is 5.97 Å². The Bertz CT molecular complexity index is 791. The topological polar surface area (TPSA) is 80.4 Å². The van der Waals surface area contributed by atoms with Crippen LogP contribution in [0.25, 0.3) is 11.3 Å². The van der Waals surface area contributed by atoms with Crippen LogP contribution in [0.5, 0.6) is 5.88 Å². The van der Waals surface area contributed by atoms with Crippen molar-refractivity contribution in [3.05, 3.63) is 18.0 Å². The van der Waals surface area contributed by atoms with E-state index >= 15 is 0 Å². The summed E-state index contributed by atoms with van der Waals surface area (Å²) in [6.07, 6.45) is 6.49. The van der Waals surface area contributed by atoms with Gasteiger partial charge in [-0.2, -0.15) is 10.2 Å². The molecule has 8 nitrogen and oxygen atoms in total. The quantitative estimate of drug-likeness (QED) is 0.779. The summed E-state index contributed by atoms with van der Waals surface area (Å²) in [4.78, 5) is 12.6. The van der Waals surface area contributed by atoms with Gasteiger partial charge in [-0.3, -0.25) is 4.68 Å². The smallest absolute Gasteiger partial charge is 0.345 e. The van der Waals surface area contributed by atoms with Gasteiger partial charge in [0.25, 0.3) is 0 Å². The van der Waals surface area contributed by atoms with Crippen LogP contribution in [0.1, 0.15) is 49.5 Å². The van der Waals surface area contributed by atoms with Gasteiger partial charge in [-0.15, -0.1) is 0 Å². The van der Waals surface area contributed by atoms with E-state index in [1.807, 2.05) is 17.8 Å². The summed E-state index contributed by atoms with van der Waals surface area (Å²) in [5.74, 6) is 0.0904. The fraction of sp³-hybridized carbons (Fsp3) is 0.611. The maximum atomic E-state index is 12.6. The van der Waals surface area contributed by atoms with E-state index in [1.54, 1.807) is 17.8 Å². The molecule has 0 aromatic carbocycles. The number of aryl methyl sites for hydroxylation is 1. The van der Waals surface area contributed by atoms with Crippen LogP contribution in [0.4, 0.5) is 0 Å². The number of carbonyl (C=O) groups excluding carboxylic acids is 1. The summed E-state index contributed by atoms with van der Waals surface area (Å²) in [6, 6.07) is 0.317. The zero-order chi connectivity index (χ0) is 18.1. The van der Waals surface area contributed by atoms with Crippen molar-refractivity contribution < 1.29 is 19.0 Å². The Balaban J connectivity index is 1.71. The third-order valence-electron chi connectivity index (χ3n) is 4.89. The van der Waals surface area contributed by atoms with E-state index in [0.29, 0.717) is 29.8 Å². The van der Waals surface area contributed by atoms with E-state index in [9.17, 15) is 4.79 Å². The predicted octanol–water partition coefficient (Wildman–Crippen LogP) is 2.45. The van der Waals surface area contributed by atoms with Gasteiger partial charge in [0.15, 0.2) is 0 Å². The average Bonchev–Trinajstić information content (AvgIpc) is 3.27. The van der Waals surface area contributed by atoms with Crippen molar-refractivity contribution in [1.29, 1.82) is 0 Å². The lowest BCUT2D eigenvalue weighted by molar-refractivity contribution is 0.0515. The van der Waals surface area contributed by atoms with Gasteiger partial charge in [-0.25, -0.2) is 9.48 Å². The Morgan fingerprint density at radius 2 is 2.15 bits per heavy atom. The number of hydrogen-bond donors (Lipinski definition) is 0. The summed E-state index contributed by atoms with van der Waals surface area (Å²) >= 11 is 0. The molecular weight excluding hydrogens is 336 g/mol. The van der Waals surface area contributed by atoms with Crippen molar-refractivity contribution in [1.82, 2.24) is 19.6 Å². The lowest BCUT2D eigenvalue weighted by Crippen LogP contribution is -2.24. The maximum absolute atomic E-state index is 12.6. The summed E-state index contributed by atoms with van der Waals surface area (Å²) in [5.41, 5.74) is 1.77. The molecule has 4 rings (SSSR count). The zero-order valence-corrected chi connectivity index (χ0v) is 15.2. The normalized spacial score (nSPS) is 20.5. The summed E-state index contributed by atoms with van der Waals surface area (Å²) in [5, 5.41) is 9.13. The first-order valence-electron chi connectivity index (χ1n) is 9.24. The molecule has 2 aliphatic heterocycles. The lowest BCUT2D eigenvalue weighted by atomic mass is 10.1. The number of nitrogens with zero attached hydrogens (tertiary/aromatic N) is 4. The summed E-state index contributed by atoms with van der Waals surface area (Å²) in [6.45, 7) is 6.31. The maximum Gasteiger partial charge on any atom is 0.345 e. The minimum atomic E-state index is -0.406. The van der Waals surface area contributed by atoms with Crippen LogP contribution in [0.3, 0.4) is 0 Å². The fourth-order valence-electron chi connectivity index (χ4n) is 3.47. The molecule has 0 unspecified atom stereocenters. The van der Waals surface area contributed by atoms with Crippen LogP contribution in [-0.2, 0) is 16.0 Å². The largest absolute Gasteiger partial charge is 0.474 e. The molecule has 2 aliphatic rings. The predicted molar refractivity (Wildman–Crippen MR) is 93.2 cm³/mol. The second-order valence-electron chi connectivity index (χ2n) is 6.74. The molecule has 8 heteroatoms. The number of carbonyl (C=O) groups is 1. The van der Waals surface area contributed by atoms with Crippen molar-refractivity contribution >= 4 is 5.97 Å². The Hall–Kier alpha value is -2.35. The van der Waals surface area contributed by atoms with Gasteiger partial charge in [0, 0.05) is 37.9 Å². The van der Waals surface area contributed by atoms with E-state index in [1.165, 1.54) is 0 Å². The highest BCUT2D eigenvalue weighted by Gasteiger charge is 2.31. The van der Waals surface area contributed by atoms with Gasteiger partial charge < -0.3 is 14.2 Å². The molecule has 0 aliphatic carbocycles. The van der Waals surface area contributed by atoms with Gasteiger partial charge in [0.2, 0.25) is 5.88 Å². The molecule has 0 amide bonds. The molecule has 0 spiro atoms. The number of esters is 1.